The molecule has 2 atom stereocenters. The predicted octanol–water partition coefficient (Wildman–Crippen LogP) is 2.55. The average Bonchev–Trinajstić information content (AvgIpc) is 2.88. The fraction of sp³-hybridized carbons (Fsp3) is 0.385. The molecule has 2 heterocycles. The van der Waals surface area contributed by atoms with Gasteiger partial charge < -0.3 is 15.5 Å². The number of ether oxygens (including phenoxy) is 1. The molecule has 0 fully saturated rings. The molecular formula is C13H20FN6OP. The number of aryl methyl sites for hydroxylation is 1. The van der Waals surface area contributed by atoms with Crippen LogP contribution in [-0.4, -0.2) is 28.3 Å². The Bertz CT molecular complexity index is 606. The molecular weight excluding hydrogens is 306 g/mol. The minimum Gasteiger partial charge on any atom is -0.439 e. The SMILES string of the molecule is CCCc1nc(Nc2cc(OC(F)P)n[nH]2)ccc1NNC. The van der Waals surface area contributed by atoms with Crippen molar-refractivity contribution in [3.8, 4) is 5.88 Å². The van der Waals surface area contributed by atoms with Crippen molar-refractivity contribution in [2.45, 2.75) is 25.9 Å². The second-order valence-electron chi connectivity index (χ2n) is 4.53. The number of rotatable bonds is 8. The quantitative estimate of drug-likeness (QED) is 0.440. The van der Waals surface area contributed by atoms with Crippen molar-refractivity contribution in [3.63, 3.8) is 0 Å². The van der Waals surface area contributed by atoms with Crippen LogP contribution in [0.4, 0.5) is 21.7 Å². The predicted molar refractivity (Wildman–Crippen MR) is 88.0 cm³/mol. The number of hydrogen-bond acceptors (Lipinski definition) is 6. The van der Waals surface area contributed by atoms with Crippen molar-refractivity contribution in [1.82, 2.24) is 20.6 Å². The van der Waals surface area contributed by atoms with E-state index in [0.29, 0.717) is 11.6 Å². The summed E-state index contributed by atoms with van der Waals surface area (Å²) in [6.07, 6.45) is 0.355. The van der Waals surface area contributed by atoms with Crippen molar-refractivity contribution < 1.29 is 9.13 Å². The molecule has 2 unspecified atom stereocenters. The summed E-state index contributed by atoms with van der Waals surface area (Å²) in [4.78, 5) is 4.57. The van der Waals surface area contributed by atoms with Crippen LogP contribution in [0.2, 0.25) is 0 Å². The first kappa shape index (κ1) is 16.5. The molecule has 0 amide bonds. The van der Waals surface area contributed by atoms with Gasteiger partial charge in [-0.05, 0) is 18.6 Å². The van der Waals surface area contributed by atoms with Crippen molar-refractivity contribution in [2.24, 2.45) is 0 Å². The molecule has 7 nitrogen and oxygen atoms in total. The highest BCUT2D eigenvalue weighted by molar-refractivity contribution is 7.16. The van der Waals surface area contributed by atoms with Gasteiger partial charge in [-0.15, -0.1) is 5.10 Å². The van der Waals surface area contributed by atoms with E-state index >= 15 is 0 Å². The van der Waals surface area contributed by atoms with Gasteiger partial charge in [0.05, 0.1) is 11.4 Å². The Morgan fingerprint density at radius 1 is 1.45 bits per heavy atom. The molecule has 0 aromatic carbocycles. The van der Waals surface area contributed by atoms with Gasteiger partial charge in [-0.3, -0.25) is 5.10 Å². The maximum Gasteiger partial charge on any atom is 0.251 e. The van der Waals surface area contributed by atoms with E-state index in [1.807, 2.05) is 21.4 Å². The number of H-pyrrole nitrogens is 1. The molecule has 0 aliphatic carbocycles. The Morgan fingerprint density at radius 2 is 2.27 bits per heavy atom. The molecule has 0 aliphatic heterocycles. The minimum absolute atomic E-state index is 0.173. The zero-order valence-corrected chi connectivity index (χ0v) is 13.6. The van der Waals surface area contributed by atoms with Crippen LogP contribution in [0.3, 0.4) is 0 Å². The molecule has 4 N–H and O–H groups in total. The fourth-order valence-corrected chi connectivity index (χ4v) is 2.07. The van der Waals surface area contributed by atoms with Crippen molar-refractivity contribution in [3.05, 3.63) is 23.9 Å². The molecule has 9 heteroatoms. The third-order valence-corrected chi connectivity index (χ3v) is 2.91. The number of pyridine rings is 1. The van der Waals surface area contributed by atoms with Crippen molar-refractivity contribution >= 4 is 26.6 Å². The third kappa shape index (κ3) is 4.54. The molecule has 2 aromatic rings. The highest BCUT2D eigenvalue weighted by Gasteiger charge is 2.08. The largest absolute Gasteiger partial charge is 0.439 e. The zero-order chi connectivity index (χ0) is 15.9. The Labute approximate surface area is 130 Å². The summed E-state index contributed by atoms with van der Waals surface area (Å²) in [7, 11) is 3.70. The number of alkyl halides is 1. The Morgan fingerprint density at radius 3 is 2.95 bits per heavy atom. The summed E-state index contributed by atoms with van der Waals surface area (Å²) in [6.45, 7) is 2.10. The summed E-state index contributed by atoms with van der Waals surface area (Å²) in [5, 5.41) is 9.64. The van der Waals surface area contributed by atoms with Crippen LogP contribution in [0, 0.1) is 0 Å². The van der Waals surface area contributed by atoms with Crippen LogP contribution >= 0.6 is 9.24 Å². The Hall–Kier alpha value is -1.92. The number of aromatic nitrogens is 3. The highest BCUT2D eigenvalue weighted by atomic mass is 31.0. The minimum atomic E-state index is -1.49. The van der Waals surface area contributed by atoms with Gasteiger partial charge in [-0.25, -0.2) is 10.4 Å². The molecule has 0 aliphatic rings. The molecule has 0 saturated heterocycles. The molecule has 2 aromatic heterocycles. The van der Waals surface area contributed by atoms with E-state index < -0.39 is 6.10 Å². The van der Waals surface area contributed by atoms with Gasteiger partial charge in [0.25, 0.3) is 6.10 Å². The van der Waals surface area contributed by atoms with E-state index in [2.05, 4.69) is 38.3 Å². The van der Waals surface area contributed by atoms with E-state index in [9.17, 15) is 4.39 Å². The number of aromatic amines is 1. The van der Waals surface area contributed by atoms with E-state index in [-0.39, 0.29) is 5.88 Å². The third-order valence-electron chi connectivity index (χ3n) is 2.77. The van der Waals surface area contributed by atoms with Gasteiger partial charge in [0.15, 0.2) is 0 Å². The van der Waals surface area contributed by atoms with Crippen LogP contribution in [0.15, 0.2) is 18.2 Å². The summed E-state index contributed by atoms with van der Waals surface area (Å²) < 4.78 is 17.5. The van der Waals surface area contributed by atoms with Crippen molar-refractivity contribution in [1.29, 1.82) is 0 Å². The van der Waals surface area contributed by atoms with Gasteiger partial charge in [0.1, 0.15) is 11.6 Å². The lowest BCUT2D eigenvalue weighted by Gasteiger charge is -2.12. The molecule has 0 radical (unpaired) electrons. The van der Waals surface area contributed by atoms with Gasteiger partial charge in [0.2, 0.25) is 5.88 Å². The van der Waals surface area contributed by atoms with E-state index in [1.165, 1.54) is 0 Å². The monoisotopic (exact) mass is 326 g/mol. The topological polar surface area (TPSA) is 86.9 Å². The van der Waals surface area contributed by atoms with E-state index in [0.717, 1.165) is 24.2 Å². The maximum atomic E-state index is 12.7. The zero-order valence-electron chi connectivity index (χ0n) is 12.5. The molecule has 0 saturated carbocycles. The molecule has 22 heavy (non-hydrogen) atoms. The molecule has 0 spiro atoms. The first-order chi connectivity index (χ1) is 10.6. The lowest BCUT2D eigenvalue weighted by Crippen LogP contribution is -2.17. The van der Waals surface area contributed by atoms with Gasteiger partial charge in [0, 0.05) is 13.1 Å². The molecule has 120 valence electrons. The molecule has 0 bridgehead atoms. The first-order valence-corrected chi connectivity index (χ1v) is 7.60. The van der Waals surface area contributed by atoms with Crippen LogP contribution in [0.25, 0.3) is 0 Å². The normalized spacial score (nSPS) is 12.0. The standard InChI is InChI=1S/C13H20FN6OP/c1-3-4-8-9(18-15-2)5-6-10(16-8)17-11-7-12(20-19-11)21-13(14)22/h5-7,13,15,18H,3-4,22H2,1-2H3,(H2,16,17,19,20). The number of hydrazine groups is 1. The van der Waals surface area contributed by atoms with Crippen molar-refractivity contribution in [2.75, 3.05) is 17.8 Å². The highest BCUT2D eigenvalue weighted by Crippen LogP contribution is 2.22. The smallest absolute Gasteiger partial charge is 0.251 e. The van der Waals surface area contributed by atoms with Crippen LogP contribution in [0.1, 0.15) is 19.0 Å². The average molecular weight is 326 g/mol. The molecule has 2 rings (SSSR count). The maximum absolute atomic E-state index is 12.7. The number of nitrogens with zero attached hydrogens (tertiary/aromatic N) is 2. The fourth-order valence-electron chi connectivity index (χ4n) is 1.93. The van der Waals surface area contributed by atoms with Crippen LogP contribution in [0.5, 0.6) is 5.88 Å². The van der Waals surface area contributed by atoms with Gasteiger partial charge >= 0.3 is 0 Å². The number of nitrogens with one attached hydrogen (secondary N) is 4. The number of hydrogen-bond donors (Lipinski definition) is 4. The Kier molecular flexibility index (Phi) is 5.91. The van der Waals surface area contributed by atoms with Crippen LogP contribution in [-0.2, 0) is 6.42 Å². The van der Waals surface area contributed by atoms with Gasteiger partial charge in [-0.2, -0.15) is 4.39 Å². The summed E-state index contributed by atoms with van der Waals surface area (Å²) >= 11 is 0. The summed E-state index contributed by atoms with van der Waals surface area (Å²) in [6, 6.07) is 5.34. The summed E-state index contributed by atoms with van der Waals surface area (Å²) in [5.74, 6) is 1.42. The Balaban J connectivity index is 2.11. The number of halogens is 1. The second-order valence-corrected chi connectivity index (χ2v) is 5.05. The summed E-state index contributed by atoms with van der Waals surface area (Å²) in [5.41, 5.74) is 7.83. The van der Waals surface area contributed by atoms with Crippen LogP contribution < -0.4 is 20.9 Å². The number of anilines is 3. The van der Waals surface area contributed by atoms with E-state index in [4.69, 9.17) is 4.74 Å². The van der Waals surface area contributed by atoms with E-state index in [1.54, 1.807) is 13.1 Å². The first-order valence-electron chi connectivity index (χ1n) is 6.93. The van der Waals surface area contributed by atoms with Gasteiger partial charge in [-0.1, -0.05) is 22.6 Å². The lowest BCUT2D eigenvalue weighted by molar-refractivity contribution is 0.147. The second kappa shape index (κ2) is 7.91. The lowest BCUT2D eigenvalue weighted by atomic mass is 10.2.